The fourth-order valence-electron chi connectivity index (χ4n) is 1.51. The minimum absolute atomic E-state index is 0.0879. The largest absolute Gasteiger partial charge is 0.406 e. The van der Waals surface area contributed by atoms with Gasteiger partial charge in [-0.3, -0.25) is 9.59 Å². The molecule has 5 nitrogen and oxygen atoms in total. The Morgan fingerprint density at radius 2 is 2.05 bits per heavy atom. The van der Waals surface area contributed by atoms with E-state index in [1.54, 1.807) is 0 Å². The number of pyridine rings is 1. The number of anilines is 1. The zero-order valence-corrected chi connectivity index (χ0v) is 10.3. The number of rotatable bonds is 4. The molecule has 0 fully saturated rings. The van der Waals surface area contributed by atoms with Crippen LogP contribution in [-0.4, -0.2) is 34.6 Å². The fraction of sp³-hybridized carbons (Fsp3) is 0.455. The van der Waals surface area contributed by atoms with E-state index in [2.05, 4.69) is 0 Å². The van der Waals surface area contributed by atoms with E-state index in [4.69, 9.17) is 5.73 Å². The molecule has 1 aromatic heterocycles. The highest BCUT2D eigenvalue weighted by atomic mass is 19.4. The molecule has 0 saturated carbocycles. The molecule has 0 unspecified atom stereocenters. The van der Waals surface area contributed by atoms with Crippen LogP contribution in [0, 0.1) is 0 Å². The molecular weight excluding hydrogens is 263 g/mol. The second-order valence-corrected chi connectivity index (χ2v) is 3.95. The second kappa shape index (κ2) is 5.77. The number of halogens is 3. The number of hydrogen-bond donors (Lipinski definition) is 1. The van der Waals surface area contributed by atoms with Crippen molar-refractivity contribution in [3.63, 3.8) is 0 Å². The lowest BCUT2D eigenvalue weighted by atomic mass is 10.4. The number of nitrogens with two attached hydrogens (primary N) is 1. The maximum Gasteiger partial charge on any atom is 0.406 e. The van der Waals surface area contributed by atoms with Gasteiger partial charge in [0.05, 0.1) is 0 Å². The summed E-state index contributed by atoms with van der Waals surface area (Å²) in [6.07, 6.45) is -3.24. The Kier molecular flexibility index (Phi) is 4.57. The quantitative estimate of drug-likeness (QED) is 0.886. The minimum atomic E-state index is -4.47. The molecule has 1 aromatic rings. The zero-order chi connectivity index (χ0) is 14.6. The topological polar surface area (TPSA) is 68.3 Å². The third kappa shape index (κ3) is 4.65. The molecule has 0 bridgehead atoms. The molecule has 0 atom stereocenters. The fourth-order valence-corrected chi connectivity index (χ4v) is 1.51. The van der Waals surface area contributed by atoms with E-state index in [9.17, 15) is 22.8 Å². The number of amides is 1. The van der Waals surface area contributed by atoms with Crippen LogP contribution in [0.4, 0.5) is 18.9 Å². The van der Waals surface area contributed by atoms with Crippen molar-refractivity contribution < 1.29 is 18.0 Å². The van der Waals surface area contributed by atoms with Gasteiger partial charge in [-0.2, -0.15) is 13.2 Å². The van der Waals surface area contributed by atoms with Crippen LogP contribution in [0.3, 0.4) is 0 Å². The first-order valence-electron chi connectivity index (χ1n) is 5.53. The molecule has 0 aliphatic carbocycles. The number of nitrogen functional groups attached to an aromatic ring is 1. The molecule has 8 heteroatoms. The van der Waals surface area contributed by atoms with Gasteiger partial charge in [-0.15, -0.1) is 0 Å². The van der Waals surface area contributed by atoms with Crippen molar-refractivity contribution in [3.8, 4) is 0 Å². The average molecular weight is 277 g/mol. The van der Waals surface area contributed by atoms with Gasteiger partial charge in [-0.05, 0) is 13.0 Å². The maximum absolute atomic E-state index is 12.3. The monoisotopic (exact) mass is 277 g/mol. The summed E-state index contributed by atoms with van der Waals surface area (Å²) in [5, 5.41) is 0. The van der Waals surface area contributed by atoms with E-state index in [1.807, 2.05) is 0 Å². The van der Waals surface area contributed by atoms with Crippen molar-refractivity contribution in [2.45, 2.75) is 19.6 Å². The Morgan fingerprint density at radius 3 is 2.58 bits per heavy atom. The van der Waals surface area contributed by atoms with E-state index in [-0.39, 0.29) is 12.2 Å². The van der Waals surface area contributed by atoms with Crippen LogP contribution < -0.4 is 11.3 Å². The maximum atomic E-state index is 12.3. The van der Waals surface area contributed by atoms with E-state index >= 15 is 0 Å². The van der Waals surface area contributed by atoms with Gasteiger partial charge in [0.2, 0.25) is 5.91 Å². The van der Waals surface area contributed by atoms with Crippen LogP contribution in [0.2, 0.25) is 0 Å². The van der Waals surface area contributed by atoms with E-state index in [0.29, 0.717) is 4.90 Å². The summed E-state index contributed by atoms with van der Waals surface area (Å²) in [6, 6.07) is 2.51. The van der Waals surface area contributed by atoms with Gasteiger partial charge < -0.3 is 15.2 Å². The molecule has 0 radical (unpaired) electrons. The molecule has 0 spiro atoms. The number of alkyl halides is 3. The van der Waals surface area contributed by atoms with Crippen LogP contribution in [-0.2, 0) is 11.3 Å². The zero-order valence-electron chi connectivity index (χ0n) is 10.3. The summed E-state index contributed by atoms with van der Waals surface area (Å²) in [6.45, 7) is -0.450. The predicted octanol–water partition coefficient (Wildman–Crippen LogP) is 0.841. The summed E-state index contributed by atoms with van der Waals surface area (Å²) in [7, 11) is 0. The Bertz CT molecular complexity index is 511. The Balaban J connectivity index is 2.83. The lowest BCUT2D eigenvalue weighted by Crippen LogP contribution is -2.41. The molecule has 1 rings (SSSR count). The third-order valence-electron chi connectivity index (χ3n) is 2.42. The smallest absolute Gasteiger partial charge is 0.398 e. The molecule has 106 valence electrons. The highest BCUT2D eigenvalue weighted by molar-refractivity contribution is 5.76. The molecule has 0 aliphatic rings. The first-order valence-corrected chi connectivity index (χ1v) is 5.53. The standard InChI is InChI=1S/C11H14F3N3O2/c1-2-16(7-11(12,13)14)10(19)6-17-5-8(15)3-4-9(17)18/h3-5H,2,6-7,15H2,1H3. The van der Waals surface area contributed by atoms with Gasteiger partial charge in [-0.1, -0.05) is 0 Å². The van der Waals surface area contributed by atoms with E-state index in [1.165, 1.54) is 19.2 Å². The predicted molar refractivity (Wildman–Crippen MR) is 63.4 cm³/mol. The molecule has 2 N–H and O–H groups in total. The van der Waals surface area contributed by atoms with Crippen molar-refractivity contribution in [1.29, 1.82) is 0 Å². The van der Waals surface area contributed by atoms with Crippen LogP contribution in [0.5, 0.6) is 0 Å². The molecule has 0 aliphatic heterocycles. The Hall–Kier alpha value is -1.99. The van der Waals surface area contributed by atoms with Gasteiger partial charge >= 0.3 is 6.18 Å². The van der Waals surface area contributed by atoms with Crippen molar-refractivity contribution in [2.75, 3.05) is 18.8 Å². The lowest BCUT2D eigenvalue weighted by Gasteiger charge is -2.22. The molecule has 19 heavy (non-hydrogen) atoms. The van der Waals surface area contributed by atoms with Gasteiger partial charge in [0.1, 0.15) is 13.1 Å². The minimum Gasteiger partial charge on any atom is -0.398 e. The molecule has 0 aromatic carbocycles. The Labute approximate surface area is 107 Å². The first kappa shape index (κ1) is 15.1. The second-order valence-electron chi connectivity index (χ2n) is 3.95. The molecule has 0 saturated heterocycles. The van der Waals surface area contributed by atoms with Crippen molar-refractivity contribution >= 4 is 11.6 Å². The van der Waals surface area contributed by atoms with Crippen LogP contribution in [0.15, 0.2) is 23.1 Å². The van der Waals surface area contributed by atoms with Crippen molar-refractivity contribution in [1.82, 2.24) is 9.47 Å². The average Bonchev–Trinajstić information content (AvgIpc) is 2.29. The SMILES string of the molecule is CCN(CC(F)(F)F)C(=O)Cn1cc(N)ccc1=O. The van der Waals surface area contributed by atoms with E-state index < -0.39 is 30.7 Å². The summed E-state index contributed by atoms with van der Waals surface area (Å²) in [4.78, 5) is 23.8. The highest BCUT2D eigenvalue weighted by Gasteiger charge is 2.32. The van der Waals surface area contributed by atoms with Crippen molar-refractivity contribution in [3.05, 3.63) is 28.7 Å². The van der Waals surface area contributed by atoms with Gasteiger partial charge in [0.15, 0.2) is 0 Å². The van der Waals surface area contributed by atoms with Crippen LogP contribution in [0.1, 0.15) is 6.92 Å². The normalized spacial score (nSPS) is 11.4. The van der Waals surface area contributed by atoms with Crippen LogP contribution in [0.25, 0.3) is 0 Å². The number of nitrogens with zero attached hydrogens (tertiary/aromatic N) is 2. The first-order chi connectivity index (χ1) is 8.73. The molecular formula is C11H14F3N3O2. The lowest BCUT2D eigenvalue weighted by molar-refractivity contribution is -0.161. The Morgan fingerprint density at radius 1 is 1.42 bits per heavy atom. The summed E-state index contributed by atoms with van der Waals surface area (Å²) in [5.74, 6) is -0.785. The number of hydrogen-bond acceptors (Lipinski definition) is 3. The van der Waals surface area contributed by atoms with E-state index in [0.717, 1.165) is 10.6 Å². The van der Waals surface area contributed by atoms with Gasteiger partial charge in [0.25, 0.3) is 5.56 Å². The summed E-state index contributed by atoms with van der Waals surface area (Å²) >= 11 is 0. The van der Waals surface area contributed by atoms with Gasteiger partial charge in [-0.25, -0.2) is 0 Å². The summed E-state index contributed by atoms with van der Waals surface area (Å²) in [5.41, 5.74) is 5.21. The van der Waals surface area contributed by atoms with Crippen LogP contribution >= 0.6 is 0 Å². The number of aromatic nitrogens is 1. The highest BCUT2D eigenvalue weighted by Crippen LogP contribution is 2.16. The summed E-state index contributed by atoms with van der Waals surface area (Å²) < 4.78 is 37.7. The number of carbonyl (C=O) groups excluding carboxylic acids is 1. The van der Waals surface area contributed by atoms with Gasteiger partial charge in [0, 0.05) is 24.5 Å². The number of carbonyl (C=O) groups is 1. The molecule has 1 amide bonds. The molecule has 1 heterocycles. The van der Waals surface area contributed by atoms with Crippen molar-refractivity contribution in [2.24, 2.45) is 0 Å². The number of likely N-dealkylation sites (N-methyl/N-ethyl adjacent to an activating group) is 1. The third-order valence-corrected chi connectivity index (χ3v) is 2.42.